The average molecular weight is 311 g/mol. The molecule has 0 saturated carbocycles. The zero-order chi connectivity index (χ0) is 16.4. The van der Waals surface area contributed by atoms with Crippen LogP contribution in [0.1, 0.15) is 37.3 Å². The highest BCUT2D eigenvalue weighted by molar-refractivity contribution is 5.86. The van der Waals surface area contributed by atoms with Gasteiger partial charge in [0.05, 0.1) is 17.7 Å². The van der Waals surface area contributed by atoms with Crippen molar-refractivity contribution in [2.75, 3.05) is 11.9 Å². The van der Waals surface area contributed by atoms with Gasteiger partial charge in [-0.2, -0.15) is 5.10 Å². The highest BCUT2D eigenvalue weighted by Crippen LogP contribution is 2.23. The molecule has 0 aliphatic carbocycles. The monoisotopic (exact) mass is 311 g/mol. The molecule has 0 aliphatic heterocycles. The van der Waals surface area contributed by atoms with Gasteiger partial charge < -0.3 is 10.4 Å². The molecule has 3 rings (SSSR count). The molecule has 2 heterocycles. The van der Waals surface area contributed by atoms with Gasteiger partial charge in [-0.25, -0.2) is 9.97 Å². The van der Waals surface area contributed by atoms with Crippen molar-refractivity contribution < 1.29 is 5.11 Å². The Balaban J connectivity index is 1.87. The summed E-state index contributed by atoms with van der Waals surface area (Å²) in [7, 11) is 1.86. The summed E-state index contributed by atoms with van der Waals surface area (Å²) in [6.45, 7) is 4.49. The third-order valence-corrected chi connectivity index (χ3v) is 3.77. The van der Waals surface area contributed by atoms with E-state index in [2.05, 4.69) is 34.2 Å². The molecule has 23 heavy (non-hydrogen) atoms. The Labute approximate surface area is 135 Å². The summed E-state index contributed by atoms with van der Waals surface area (Å²) in [6.07, 6.45) is 1.15. The number of fused-ring (bicyclic) bond motifs is 1. The van der Waals surface area contributed by atoms with Crippen molar-refractivity contribution in [1.29, 1.82) is 0 Å². The third-order valence-electron chi connectivity index (χ3n) is 3.77. The van der Waals surface area contributed by atoms with Gasteiger partial charge in [-0.15, -0.1) is 0 Å². The van der Waals surface area contributed by atoms with E-state index >= 15 is 0 Å². The van der Waals surface area contributed by atoms with Gasteiger partial charge in [-0.1, -0.05) is 44.2 Å². The molecule has 0 fully saturated rings. The number of aryl methyl sites for hydroxylation is 1. The van der Waals surface area contributed by atoms with Crippen LogP contribution in [-0.4, -0.2) is 31.4 Å². The number of rotatable bonds is 5. The molecule has 0 spiro atoms. The lowest BCUT2D eigenvalue weighted by Crippen LogP contribution is -2.14. The van der Waals surface area contributed by atoms with Crippen LogP contribution in [0.15, 0.2) is 36.5 Å². The number of anilines is 1. The molecule has 0 bridgehead atoms. The maximum absolute atomic E-state index is 10.3. The molecule has 0 amide bonds. The molecule has 3 aromatic rings. The second-order valence-electron chi connectivity index (χ2n) is 5.90. The van der Waals surface area contributed by atoms with Crippen molar-refractivity contribution >= 4 is 16.9 Å². The van der Waals surface area contributed by atoms with Crippen LogP contribution in [0, 0.1) is 0 Å². The fourth-order valence-corrected chi connectivity index (χ4v) is 2.42. The minimum atomic E-state index is -0.597. The van der Waals surface area contributed by atoms with E-state index in [1.807, 2.05) is 37.4 Å². The van der Waals surface area contributed by atoms with Gasteiger partial charge in [0.25, 0.3) is 0 Å². The molecular weight excluding hydrogens is 290 g/mol. The SMILES string of the molecule is CC(C)c1nc(NCC(O)c2ccccc2)c2cnn(C)c2n1. The van der Waals surface area contributed by atoms with Crippen molar-refractivity contribution in [1.82, 2.24) is 19.7 Å². The highest BCUT2D eigenvalue weighted by Gasteiger charge is 2.15. The molecule has 1 aromatic carbocycles. The quantitative estimate of drug-likeness (QED) is 0.757. The van der Waals surface area contributed by atoms with Gasteiger partial charge in [0.2, 0.25) is 0 Å². The van der Waals surface area contributed by atoms with Gasteiger partial charge in [0, 0.05) is 19.5 Å². The molecule has 120 valence electrons. The summed E-state index contributed by atoms with van der Waals surface area (Å²) in [5.41, 5.74) is 1.67. The molecule has 1 unspecified atom stereocenters. The number of nitrogens with zero attached hydrogens (tertiary/aromatic N) is 4. The summed E-state index contributed by atoms with van der Waals surface area (Å²) in [4.78, 5) is 9.16. The lowest BCUT2D eigenvalue weighted by Gasteiger charge is -2.14. The first-order valence-electron chi connectivity index (χ1n) is 7.72. The number of aliphatic hydroxyl groups excluding tert-OH is 1. The second-order valence-corrected chi connectivity index (χ2v) is 5.90. The smallest absolute Gasteiger partial charge is 0.163 e. The fraction of sp³-hybridized carbons (Fsp3) is 0.353. The predicted molar refractivity (Wildman–Crippen MR) is 90.3 cm³/mol. The molecule has 2 aromatic heterocycles. The predicted octanol–water partition coefficient (Wildman–Crippen LogP) is 2.63. The third kappa shape index (κ3) is 3.17. The fourth-order valence-electron chi connectivity index (χ4n) is 2.42. The Morgan fingerprint density at radius 2 is 1.91 bits per heavy atom. The molecule has 2 N–H and O–H groups in total. The van der Waals surface area contributed by atoms with Crippen LogP contribution in [0.5, 0.6) is 0 Å². The minimum Gasteiger partial charge on any atom is -0.387 e. The van der Waals surface area contributed by atoms with Crippen molar-refractivity contribution in [2.45, 2.75) is 25.9 Å². The maximum Gasteiger partial charge on any atom is 0.163 e. The van der Waals surface area contributed by atoms with Crippen molar-refractivity contribution in [2.24, 2.45) is 7.05 Å². The first-order chi connectivity index (χ1) is 11.1. The van der Waals surface area contributed by atoms with Gasteiger partial charge in [-0.05, 0) is 5.56 Å². The topological polar surface area (TPSA) is 75.9 Å². The van der Waals surface area contributed by atoms with Gasteiger partial charge in [0.15, 0.2) is 5.65 Å². The van der Waals surface area contributed by atoms with Gasteiger partial charge in [-0.3, -0.25) is 4.68 Å². The molecule has 1 atom stereocenters. The number of benzene rings is 1. The lowest BCUT2D eigenvalue weighted by atomic mass is 10.1. The van der Waals surface area contributed by atoms with E-state index in [1.54, 1.807) is 10.9 Å². The Morgan fingerprint density at radius 3 is 2.61 bits per heavy atom. The van der Waals surface area contributed by atoms with E-state index in [-0.39, 0.29) is 5.92 Å². The molecule has 6 nitrogen and oxygen atoms in total. The molecule has 6 heteroatoms. The van der Waals surface area contributed by atoms with Crippen LogP contribution in [0.2, 0.25) is 0 Å². The Bertz CT molecular complexity index is 797. The molecule has 0 aliphatic rings. The van der Waals surface area contributed by atoms with Crippen LogP contribution < -0.4 is 5.32 Å². The normalized spacial score (nSPS) is 12.7. The zero-order valence-electron chi connectivity index (χ0n) is 13.6. The van der Waals surface area contributed by atoms with E-state index in [1.165, 1.54) is 0 Å². The van der Waals surface area contributed by atoms with Crippen LogP contribution >= 0.6 is 0 Å². The van der Waals surface area contributed by atoms with Crippen LogP contribution in [0.3, 0.4) is 0 Å². The standard InChI is InChI=1S/C17H21N5O/c1-11(2)15-20-16(13-9-19-22(3)17(13)21-15)18-10-14(23)12-7-5-4-6-8-12/h4-9,11,14,23H,10H2,1-3H3,(H,18,20,21). The Kier molecular flexibility index (Phi) is 4.25. The second kappa shape index (κ2) is 6.34. The number of aromatic nitrogens is 4. The number of hydrogen-bond donors (Lipinski definition) is 2. The van der Waals surface area contributed by atoms with Crippen LogP contribution in [0.25, 0.3) is 11.0 Å². The van der Waals surface area contributed by atoms with Crippen molar-refractivity contribution in [3.63, 3.8) is 0 Å². The maximum atomic E-state index is 10.3. The van der Waals surface area contributed by atoms with E-state index in [4.69, 9.17) is 0 Å². The van der Waals surface area contributed by atoms with E-state index < -0.39 is 6.10 Å². The average Bonchev–Trinajstić information content (AvgIpc) is 2.94. The molecular formula is C17H21N5O. The van der Waals surface area contributed by atoms with Gasteiger partial charge in [0.1, 0.15) is 11.6 Å². The number of nitrogens with one attached hydrogen (secondary N) is 1. The molecule has 0 saturated heterocycles. The van der Waals surface area contributed by atoms with Crippen LogP contribution in [0.4, 0.5) is 5.82 Å². The summed E-state index contributed by atoms with van der Waals surface area (Å²) in [5, 5.41) is 18.7. The number of hydrogen-bond acceptors (Lipinski definition) is 5. The largest absolute Gasteiger partial charge is 0.387 e. The first-order valence-corrected chi connectivity index (χ1v) is 7.72. The molecule has 0 radical (unpaired) electrons. The van der Waals surface area contributed by atoms with Crippen molar-refractivity contribution in [3.05, 3.63) is 47.9 Å². The Morgan fingerprint density at radius 1 is 1.17 bits per heavy atom. The van der Waals surface area contributed by atoms with Crippen LogP contribution in [-0.2, 0) is 7.05 Å². The summed E-state index contributed by atoms with van der Waals surface area (Å²) < 4.78 is 1.74. The van der Waals surface area contributed by atoms with E-state index in [9.17, 15) is 5.11 Å². The summed E-state index contributed by atoms with van der Waals surface area (Å²) >= 11 is 0. The minimum absolute atomic E-state index is 0.217. The Hall–Kier alpha value is -2.47. The zero-order valence-corrected chi connectivity index (χ0v) is 13.6. The number of aliphatic hydroxyl groups is 1. The van der Waals surface area contributed by atoms with Gasteiger partial charge >= 0.3 is 0 Å². The van der Waals surface area contributed by atoms with Crippen molar-refractivity contribution in [3.8, 4) is 0 Å². The first kappa shape index (κ1) is 15.4. The van der Waals surface area contributed by atoms with E-state index in [0.29, 0.717) is 12.4 Å². The van der Waals surface area contributed by atoms with E-state index in [0.717, 1.165) is 22.4 Å². The lowest BCUT2D eigenvalue weighted by molar-refractivity contribution is 0.191. The highest BCUT2D eigenvalue weighted by atomic mass is 16.3. The summed E-state index contributed by atoms with van der Waals surface area (Å²) in [5.74, 6) is 1.69. The summed E-state index contributed by atoms with van der Waals surface area (Å²) in [6, 6.07) is 9.58.